The maximum absolute atomic E-state index is 15.3. The van der Waals surface area contributed by atoms with E-state index in [0.717, 1.165) is 28.7 Å². The molecule has 0 spiro atoms. The van der Waals surface area contributed by atoms with Crippen LogP contribution >= 0.6 is 11.3 Å². The van der Waals surface area contributed by atoms with Crippen LogP contribution in [0.15, 0.2) is 50.7 Å². The maximum Gasteiger partial charge on any atom is 0.333 e. The van der Waals surface area contributed by atoms with Gasteiger partial charge in [0, 0.05) is 5.56 Å². The molecule has 10 nitrogen and oxygen atoms in total. The van der Waals surface area contributed by atoms with Gasteiger partial charge in [0.1, 0.15) is 28.6 Å². The quantitative estimate of drug-likeness (QED) is 0.304. The molecule has 12 heteroatoms. The highest BCUT2D eigenvalue weighted by atomic mass is 32.1. The van der Waals surface area contributed by atoms with E-state index in [9.17, 15) is 24.6 Å². The van der Waals surface area contributed by atoms with Gasteiger partial charge in [-0.3, -0.25) is 9.36 Å². The van der Waals surface area contributed by atoms with Crippen LogP contribution in [-0.4, -0.2) is 42.5 Å². The Bertz CT molecular complexity index is 1760. The summed E-state index contributed by atoms with van der Waals surface area (Å²) >= 11 is 1.13. The molecule has 2 N–H and O–H groups in total. The number of carboxylic acid groups (broad SMARTS) is 1. The number of rotatable bonds is 8. The Morgan fingerprint density at radius 1 is 1.21 bits per heavy atom. The van der Waals surface area contributed by atoms with Crippen molar-refractivity contribution in [2.45, 2.75) is 76.9 Å². The van der Waals surface area contributed by atoms with E-state index in [-0.39, 0.29) is 35.6 Å². The molecule has 222 valence electrons. The van der Waals surface area contributed by atoms with Gasteiger partial charge in [0.15, 0.2) is 0 Å². The first-order valence-electron chi connectivity index (χ1n) is 14.0. The first kappa shape index (κ1) is 28.5. The number of oxazole rings is 1. The number of hydrogen-bond donors (Lipinski definition) is 2. The third-order valence-electron chi connectivity index (χ3n) is 8.83. The molecule has 42 heavy (non-hydrogen) atoms. The number of aliphatic carboxylic acids is 1. The van der Waals surface area contributed by atoms with Crippen molar-refractivity contribution < 1.29 is 28.6 Å². The van der Waals surface area contributed by atoms with Gasteiger partial charge >= 0.3 is 11.7 Å². The van der Waals surface area contributed by atoms with E-state index >= 15 is 4.39 Å². The fraction of sp³-hybridized carbons (Fsp3) is 0.467. The average Bonchev–Trinajstić information content (AvgIpc) is 3.70. The van der Waals surface area contributed by atoms with E-state index in [1.165, 1.54) is 36.9 Å². The van der Waals surface area contributed by atoms with E-state index in [1.54, 1.807) is 25.1 Å². The smallest absolute Gasteiger partial charge is 0.333 e. The number of aromatic nitrogens is 3. The molecule has 2 saturated carbocycles. The van der Waals surface area contributed by atoms with E-state index in [0.29, 0.717) is 39.9 Å². The van der Waals surface area contributed by atoms with Crippen LogP contribution < -0.4 is 11.2 Å². The summed E-state index contributed by atoms with van der Waals surface area (Å²) in [6, 6.07) is 6.20. The monoisotopic (exact) mass is 597 g/mol. The van der Waals surface area contributed by atoms with Crippen LogP contribution in [0, 0.1) is 24.6 Å². The van der Waals surface area contributed by atoms with Gasteiger partial charge in [0.25, 0.3) is 5.56 Å². The zero-order valence-corrected chi connectivity index (χ0v) is 24.3. The predicted molar refractivity (Wildman–Crippen MR) is 153 cm³/mol. The molecule has 2 fully saturated rings. The Hall–Kier alpha value is -3.61. The first-order valence-corrected chi connectivity index (χ1v) is 14.8. The lowest BCUT2D eigenvalue weighted by atomic mass is 10.0. The van der Waals surface area contributed by atoms with Crippen LogP contribution in [-0.2, 0) is 21.6 Å². The van der Waals surface area contributed by atoms with Gasteiger partial charge in [-0.05, 0) is 69.9 Å². The van der Waals surface area contributed by atoms with Crippen molar-refractivity contribution in [1.29, 1.82) is 0 Å². The summed E-state index contributed by atoms with van der Waals surface area (Å²) in [6.45, 7) is 4.12. The third kappa shape index (κ3) is 4.71. The van der Waals surface area contributed by atoms with Gasteiger partial charge in [0.05, 0.1) is 35.2 Å². The maximum atomic E-state index is 15.3. The van der Waals surface area contributed by atoms with E-state index in [4.69, 9.17) is 9.15 Å². The lowest BCUT2D eigenvalue weighted by molar-refractivity contribution is -0.146. The molecule has 0 bridgehead atoms. The predicted octanol–water partition coefficient (Wildman–Crippen LogP) is 4.45. The zero-order valence-electron chi connectivity index (χ0n) is 23.4. The molecule has 0 radical (unpaired) electrons. The van der Waals surface area contributed by atoms with E-state index < -0.39 is 34.7 Å². The molecule has 0 aliphatic heterocycles. The fourth-order valence-corrected chi connectivity index (χ4v) is 7.87. The minimum absolute atomic E-state index is 0.161. The summed E-state index contributed by atoms with van der Waals surface area (Å²) in [5.74, 6) is -0.945. The van der Waals surface area contributed by atoms with Crippen LogP contribution in [0.1, 0.15) is 56.8 Å². The van der Waals surface area contributed by atoms with Gasteiger partial charge < -0.3 is 19.4 Å². The molecule has 3 heterocycles. The molecule has 0 saturated heterocycles. The number of ether oxygens (including phenoxy) is 1. The van der Waals surface area contributed by atoms with Crippen LogP contribution in [0.4, 0.5) is 4.39 Å². The van der Waals surface area contributed by atoms with Gasteiger partial charge in [-0.2, -0.15) is 0 Å². The Labute approximate surface area is 244 Å². The molecule has 0 amide bonds. The number of aliphatic hydroxyl groups excluding tert-OH is 1. The van der Waals surface area contributed by atoms with Gasteiger partial charge in [0.2, 0.25) is 5.89 Å². The highest BCUT2D eigenvalue weighted by molar-refractivity contribution is 7.22. The molecular formula is C30H32FN3O7S. The lowest BCUT2D eigenvalue weighted by Crippen LogP contribution is -2.52. The second-order valence-corrected chi connectivity index (χ2v) is 12.9. The topological polar surface area (TPSA) is 137 Å². The molecule has 3 aromatic heterocycles. The molecule has 1 aromatic carbocycles. The summed E-state index contributed by atoms with van der Waals surface area (Å²) in [5, 5.41) is 20.2. The molecule has 3 unspecified atom stereocenters. The van der Waals surface area contributed by atoms with Crippen molar-refractivity contribution in [1.82, 2.24) is 14.1 Å². The van der Waals surface area contributed by atoms with Crippen LogP contribution in [0.25, 0.3) is 21.0 Å². The second kappa shape index (κ2) is 10.6. The van der Waals surface area contributed by atoms with Crippen LogP contribution in [0.5, 0.6) is 0 Å². The van der Waals surface area contributed by atoms with Crippen molar-refractivity contribution in [3.63, 3.8) is 0 Å². The van der Waals surface area contributed by atoms with Gasteiger partial charge in [-0.1, -0.05) is 18.2 Å². The van der Waals surface area contributed by atoms with Crippen LogP contribution in [0.2, 0.25) is 0 Å². The minimum Gasteiger partial charge on any atom is -0.480 e. The van der Waals surface area contributed by atoms with Gasteiger partial charge in [-0.15, -0.1) is 11.3 Å². The van der Waals surface area contributed by atoms with E-state index in [2.05, 4.69) is 4.98 Å². The number of carboxylic acids is 1. The summed E-state index contributed by atoms with van der Waals surface area (Å²) in [5.41, 5.74) is -2.70. The molecule has 6 rings (SSSR count). The number of nitrogens with zero attached hydrogens (tertiary/aromatic N) is 3. The van der Waals surface area contributed by atoms with Crippen molar-refractivity contribution in [3.8, 4) is 10.8 Å². The van der Waals surface area contributed by atoms with E-state index in [1.807, 2.05) is 0 Å². The molecule has 5 atom stereocenters. The highest BCUT2D eigenvalue weighted by Crippen LogP contribution is 2.46. The van der Waals surface area contributed by atoms with Crippen molar-refractivity contribution in [3.05, 3.63) is 74.5 Å². The number of thiophene rings is 1. The molecule has 2 aliphatic rings. The second-order valence-electron chi connectivity index (χ2n) is 11.9. The summed E-state index contributed by atoms with van der Waals surface area (Å²) in [4.78, 5) is 45.2. The number of aryl methyl sites for hydroxylation is 1. The zero-order chi connectivity index (χ0) is 29.9. The summed E-state index contributed by atoms with van der Waals surface area (Å²) in [6.07, 6.45) is 4.29. The highest BCUT2D eigenvalue weighted by Gasteiger charge is 2.43. The lowest BCUT2D eigenvalue weighted by Gasteiger charge is -2.27. The Morgan fingerprint density at radius 2 is 1.90 bits per heavy atom. The Balaban J connectivity index is 1.52. The standard InChI is InChI=1S/C30H32FN3O7S/c1-15-23-26(36)34(30(2,3)28(37)38)29(39)33(27(23)42-24(15)25-32-8-9-40-25)14-22(20-6-4-5-7-21(20)31)41-19-12-16-10-18(35)11-17(16)13-19/h4-9,16-19,22,35H,10-14H2,1-3H3,(H,37,38)/t16-,17+,18?,19?,22?. The SMILES string of the molecule is Cc1c(-c2ncco2)sc2c1c(=O)n(C(C)(C)C(=O)O)c(=O)n2CC(OC1C[C@H]2CC(O)C[C@H]2C1)c1ccccc1F. The Morgan fingerprint density at radius 3 is 2.52 bits per heavy atom. The Kier molecular flexibility index (Phi) is 7.19. The minimum atomic E-state index is -1.88. The number of fused-ring (bicyclic) bond motifs is 2. The fourth-order valence-electron chi connectivity index (χ4n) is 6.62. The molecule has 4 aromatic rings. The van der Waals surface area contributed by atoms with Crippen LogP contribution in [0.3, 0.4) is 0 Å². The average molecular weight is 598 g/mol. The third-order valence-corrected chi connectivity index (χ3v) is 10.1. The molecule has 2 aliphatic carbocycles. The first-order chi connectivity index (χ1) is 20.0. The summed E-state index contributed by atoms with van der Waals surface area (Å²) in [7, 11) is 0. The number of benzene rings is 1. The van der Waals surface area contributed by atoms with Gasteiger partial charge in [-0.25, -0.2) is 23.5 Å². The normalized spacial score (nSPS) is 23.0. The summed E-state index contributed by atoms with van der Waals surface area (Å²) < 4.78 is 29.4. The number of carbonyl (C=O) groups is 1. The molecular weight excluding hydrogens is 565 g/mol. The van der Waals surface area contributed by atoms with Crippen molar-refractivity contribution in [2.75, 3.05) is 0 Å². The van der Waals surface area contributed by atoms with Crippen molar-refractivity contribution in [2.24, 2.45) is 11.8 Å². The number of hydrogen-bond acceptors (Lipinski definition) is 8. The number of halogens is 1. The van der Waals surface area contributed by atoms with Crippen molar-refractivity contribution >= 4 is 27.5 Å². The largest absolute Gasteiger partial charge is 0.480 e. The number of aliphatic hydroxyl groups is 1.